The van der Waals surface area contributed by atoms with Crippen LogP contribution in [0.25, 0.3) is 0 Å². The van der Waals surface area contributed by atoms with Crippen molar-refractivity contribution < 1.29 is 15.0 Å². The molecule has 0 aromatic carbocycles. The first-order valence-corrected chi connectivity index (χ1v) is 2.77. The first kappa shape index (κ1) is 8.43. The summed E-state index contributed by atoms with van der Waals surface area (Å²) < 4.78 is 0. The molecule has 0 rings (SSSR count). The van der Waals surface area contributed by atoms with Gasteiger partial charge in [0.25, 0.3) is 0 Å². The van der Waals surface area contributed by atoms with E-state index in [2.05, 4.69) is 6.92 Å². The molecule has 0 aromatic rings. The van der Waals surface area contributed by atoms with Crippen molar-refractivity contribution in [2.75, 3.05) is 0 Å². The van der Waals surface area contributed by atoms with Gasteiger partial charge >= 0.3 is 5.97 Å². The third-order valence-corrected chi connectivity index (χ3v) is 1.14. The molecular formula is C6H11O3. The molecule has 3 nitrogen and oxygen atoms in total. The normalized spacial score (nSPS) is 16.8. The van der Waals surface area contributed by atoms with Crippen LogP contribution in [0, 0.1) is 6.92 Å². The van der Waals surface area contributed by atoms with Crippen LogP contribution in [-0.2, 0) is 4.79 Å². The standard InChI is InChI=1S/C6H11O3/c1-3-6(2,9)4-5(7)8/h9H,2-4H2,1H3,(H,7,8). The maximum absolute atomic E-state index is 9.97. The van der Waals surface area contributed by atoms with Crippen LogP contribution < -0.4 is 0 Å². The summed E-state index contributed by atoms with van der Waals surface area (Å²) >= 11 is 0. The highest BCUT2D eigenvalue weighted by Crippen LogP contribution is 2.11. The SMILES string of the molecule is [CH2]C(O)(CC)CC(=O)O. The zero-order valence-corrected chi connectivity index (χ0v) is 5.42. The zero-order valence-electron chi connectivity index (χ0n) is 5.42. The van der Waals surface area contributed by atoms with Crippen molar-refractivity contribution in [1.29, 1.82) is 0 Å². The summed E-state index contributed by atoms with van der Waals surface area (Å²) in [5.41, 5.74) is -1.29. The molecule has 1 radical (unpaired) electrons. The largest absolute Gasteiger partial charge is 0.481 e. The molecule has 0 aliphatic carbocycles. The predicted molar refractivity (Wildman–Crippen MR) is 32.9 cm³/mol. The van der Waals surface area contributed by atoms with Gasteiger partial charge in [0, 0.05) is 0 Å². The topological polar surface area (TPSA) is 57.5 Å². The average Bonchev–Trinajstić information content (AvgIpc) is 1.63. The maximum atomic E-state index is 9.97. The molecule has 0 saturated carbocycles. The minimum Gasteiger partial charge on any atom is -0.481 e. The van der Waals surface area contributed by atoms with Crippen molar-refractivity contribution in [1.82, 2.24) is 0 Å². The van der Waals surface area contributed by atoms with E-state index in [4.69, 9.17) is 10.2 Å². The number of rotatable bonds is 3. The molecule has 0 amide bonds. The lowest BCUT2D eigenvalue weighted by Gasteiger charge is -2.17. The van der Waals surface area contributed by atoms with Gasteiger partial charge in [-0.25, -0.2) is 0 Å². The average molecular weight is 131 g/mol. The van der Waals surface area contributed by atoms with E-state index in [0.29, 0.717) is 6.42 Å². The molecule has 2 N–H and O–H groups in total. The lowest BCUT2D eigenvalue weighted by molar-refractivity contribution is -0.141. The second-order valence-corrected chi connectivity index (χ2v) is 2.15. The molecule has 0 aromatic heterocycles. The van der Waals surface area contributed by atoms with E-state index < -0.39 is 11.6 Å². The molecule has 1 atom stereocenters. The van der Waals surface area contributed by atoms with Gasteiger partial charge in [0.2, 0.25) is 0 Å². The van der Waals surface area contributed by atoms with Crippen molar-refractivity contribution in [2.24, 2.45) is 0 Å². The van der Waals surface area contributed by atoms with E-state index in [1.165, 1.54) is 0 Å². The van der Waals surface area contributed by atoms with Gasteiger partial charge in [0.05, 0.1) is 12.0 Å². The number of hydrogen-bond acceptors (Lipinski definition) is 2. The highest BCUT2D eigenvalue weighted by Gasteiger charge is 2.21. The Morgan fingerprint density at radius 3 is 2.33 bits per heavy atom. The predicted octanol–water partition coefficient (Wildman–Crippen LogP) is 0.436. The zero-order chi connectivity index (χ0) is 7.49. The smallest absolute Gasteiger partial charge is 0.306 e. The molecular weight excluding hydrogens is 120 g/mol. The third kappa shape index (κ3) is 3.97. The summed E-state index contributed by atoms with van der Waals surface area (Å²) in [5.74, 6) is -1.02. The van der Waals surface area contributed by atoms with Crippen molar-refractivity contribution in [2.45, 2.75) is 25.4 Å². The van der Waals surface area contributed by atoms with Crippen molar-refractivity contribution in [3.8, 4) is 0 Å². The lowest BCUT2D eigenvalue weighted by Crippen LogP contribution is -2.26. The Labute approximate surface area is 54.3 Å². The molecule has 0 aliphatic heterocycles. The molecule has 0 fully saturated rings. The second kappa shape index (κ2) is 2.82. The first-order chi connectivity index (χ1) is 3.98. The van der Waals surface area contributed by atoms with Crippen molar-refractivity contribution >= 4 is 5.97 Å². The van der Waals surface area contributed by atoms with Crippen LogP contribution >= 0.6 is 0 Å². The minimum atomic E-state index is -1.29. The summed E-state index contributed by atoms with van der Waals surface area (Å²) in [4.78, 5) is 9.97. The Morgan fingerprint density at radius 2 is 2.22 bits per heavy atom. The summed E-state index contributed by atoms with van der Waals surface area (Å²) in [6.07, 6.45) is 0.0722. The molecule has 1 unspecified atom stereocenters. The van der Waals surface area contributed by atoms with Gasteiger partial charge in [-0.3, -0.25) is 4.79 Å². The van der Waals surface area contributed by atoms with Crippen LogP contribution in [0.5, 0.6) is 0 Å². The Kier molecular flexibility index (Phi) is 2.65. The van der Waals surface area contributed by atoms with Gasteiger partial charge in [-0.2, -0.15) is 0 Å². The van der Waals surface area contributed by atoms with Crippen LogP contribution in [0.15, 0.2) is 0 Å². The molecule has 0 heterocycles. The van der Waals surface area contributed by atoms with Gasteiger partial charge in [0.15, 0.2) is 0 Å². The number of aliphatic hydroxyl groups is 1. The Bertz CT molecular complexity index is 107. The van der Waals surface area contributed by atoms with E-state index in [-0.39, 0.29) is 6.42 Å². The molecule has 9 heavy (non-hydrogen) atoms. The van der Waals surface area contributed by atoms with Gasteiger partial charge in [0.1, 0.15) is 0 Å². The summed E-state index contributed by atoms with van der Waals surface area (Å²) in [7, 11) is 0. The summed E-state index contributed by atoms with van der Waals surface area (Å²) in [5, 5.41) is 17.2. The van der Waals surface area contributed by atoms with Gasteiger partial charge in [-0.1, -0.05) is 6.92 Å². The quantitative estimate of drug-likeness (QED) is 0.584. The number of hydrogen-bond donors (Lipinski definition) is 2. The molecule has 0 saturated heterocycles. The van der Waals surface area contributed by atoms with E-state index in [0.717, 1.165) is 0 Å². The summed E-state index contributed by atoms with van der Waals surface area (Å²) in [6.45, 7) is 4.99. The first-order valence-electron chi connectivity index (χ1n) is 2.77. The molecule has 53 valence electrons. The number of carbonyl (C=O) groups is 1. The number of carboxylic acid groups (broad SMARTS) is 1. The summed E-state index contributed by atoms with van der Waals surface area (Å²) in [6, 6.07) is 0. The fourth-order valence-corrected chi connectivity index (χ4v) is 0.406. The van der Waals surface area contributed by atoms with Crippen LogP contribution in [0.3, 0.4) is 0 Å². The van der Waals surface area contributed by atoms with Crippen LogP contribution in [0.2, 0.25) is 0 Å². The monoisotopic (exact) mass is 131 g/mol. The van der Waals surface area contributed by atoms with Gasteiger partial charge < -0.3 is 10.2 Å². The number of carboxylic acids is 1. The fourth-order valence-electron chi connectivity index (χ4n) is 0.406. The Morgan fingerprint density at radius 1 is 1.78 bits per heavy atom. The van der Waals surface area contributed by atoms with Crippen LogP contribution in [0.4, 0.5) is 0 Å². The van der Waals surface area contributed by atoms with Crippen LogP contribution in [0.1, 0.15) is 19.8 Å². The third-order valence-electron chi connectivity index (χ3n) is 1.14. The van der Waals surface area contributed by atoms with E-state index in [1.807, 2.05) is 0 Å². The van der Waals surface area contributed by atoms with E-state index in [1.54, 1.807) is 6.92 Å². The fraction of sp³-hybridized carbons (Fsp3) is 0.667. The molecule has 3 heteroatoms. The number of aliphatic carboxylic acids is 1. The van der Waals surface area contributed by atoms with Gasteiger partial charge in [-0.05, 0) is 13.3 Å². The van der Waals surface area contributed by atoms with Crippen molar-refractivity contribution in [3.05, 3.63) is 6.92 Å². The highest BCUT2D eigenvalue weighted by molar-refractivity contribution is 5.68. The molecule has 0 aliphatic rings. The van der Waals surface area contributed by atoms with Crippen molar-refractivity contribution in [3.63, 3.8) is 0 Å². The Balaban J connectivity index is 3.71. The van der Waals surface area contributed by atoms with Gasteiger partial charge in [-0.15, -0.1) is 0 Å². The van der Waals surface area contributed by atoms with E-state index in [9.17, 15) is 4.79 Å². The maximum Gasteiger partial charge on any atom is 0.306 e. The molecule has 0 bridgehead atoms. The minimum absolute atomic E-state index is 0.288. The lowest BCUT2D eigenvalue weighted by atomic mass is 10.00. The highest BCUT2D eigenvalue weighted by atomic mass is 16.4. The second-order valence-electron chi connectivity index (χ2n) is 2.15. The molecule has 0 spiro atoms. The van der Waals surface area contributed by atoms with E-state index >= 15 is 0 Å². The van der Waals surface area contributed by atoms with Crippen LogP contribution in [-0.4, -0.2) is 21.8 Å². The Hall–Kier alpha value is -0.570.